The standard InChI is InChI=1S/C33H25FN6/c34-26-9-6-23(7-10-26)32-28-16-31(38-29(28)12-13-37-32)33-27-15-24(8-11-30(27)39-40-33)25-14-22(19-36-20-25)18-35-17-21-4-2-1-3-5-21/h1-16,19-20,35,38H,17-18H2,(H,39,40). The van der Waals surface area contributed by atoms with Crippen LogP contribution in [0.15, 0.2) is 110 Å². The Balaban J connectivity index is 1.20. The SMILES string of the molecule is Fc1ccc(-c2nccc3[nH]c(-c4n[nH]c5ccc(-c6cncc(CNCc7ccccc7)c6)cc45)cc23)cc1. The molecule has 4 aromatic heterocycles. The summed E-state index contributed by atoms with van der Waals surface area (Å²) < 4.78 is 13.5. The van der Waals surface area contributed by atoms with Crippen molar-refractivity contribution in [3.63, 3.8) is 0 Å². The van der Waals surface area contributed by atoms with Gasteiger partial charge in [0.05, 0.1) is 16.9 Å². The van der Waals surface area contributed by atoms with Crippen LogP contribution in [0.5, 0.6) is 0 Å². The third kappa shape index (κ3) is 4.63. The third-order valence-electron chi connectivity index (χ3n) is 7.11. The van der Waals surface area contributed by atoms with Gasteiger partial charge in [0.1, 0.15) is 11.5 Å². The molecule has 0 unspecified atom stereocenters. The molecule has 0 fully saturated rings. The molecule has 0 aliphatic carbocycles. The van der Waals surface area contributed by atoms with Crippen molar-refractivity contribution in [1.29, 1.82) is 0 Å². The van der Waals surface area contributed by atoms with E-state index in [2.05, 4.69) is 85.1 Å². The number of rotatable bonds is 7. The van der Waals surface area contributed by atoms with Crippen molar-refractivity contribution in [3.05, 3.63) is 127 Å². The van der Waals surface area contributed by atoms with Crippen LogP contribution < -0.4 is 5.32 Å². The summed E-state index contributed by atoms with van der Waals surface area (Å²) in [6.07, 6.45) is 5.56. The summed E-state index contributed by atoms with van der Waals surface area (Å²) in [4.78, 5) is 12.6. The predicted octanol–water partition coefficient (Wildman–Crippen LogP) is 7.26. The van der Waals surface area contributed by atoms with Crippen molar-refractivity contribution in [2.24, 2.45) is 0 Å². The molecule has 7 rings (SSSR count). The Kier molecular flexibility index (Phi) is 6.11. The fourth-order valence-corrected chi connectivity index (χ4v) is 5.11. The third-order valence-corrected chi connectivity index (χ3v) is 7.11. The number of nitrogens with zero attached hydrogens (tertiary/aromatic N) is 3. The lowest BCUT2D eigenvalue weighted by Gasteiger charge is -2.08. The molecular weight excluding hydrogens is 499 g/mol. The van der Waals surface area contributed by atoms with Crippen LogP contribution in [0, 0.1) is 5.82 Å². The molecule has 0 bridgehead atoms. The Hall–Kier alpha value is -5.14. The zero-order valence-corrected chi connectivity index (χ0v) is 21.5. The van der Waals surface area contributed by atoms with Crippen LogP contribution in [-0.4, -0.2) is 25.1 Å². The second kappa shape index (κ2) is 10.2. The normalized spacial score (nSPS) is 11.4. The van der Waals surface area contributed by atoms with E-state index in [1.165, 1.54) is 17.7 Å². The lowest BCUT2D eigenvalue weighted by Crippen LogP contribution is -2.12. The first-order valence-corrected chi connectivity index (χ1v) is 13.1. The van der Waals surface area contributed by atoms with Crippen molar-refractivity contribution in [2.75, 3.05) is 0 Å². The molecule has 0 atom stereocenters. The molecular formula is C33H25FN6. The van der Waals surface area contributed by atoms with E-state index in [0.29, 0.717) is 0 Å². The number of fused-ring (bicyclic) bond motifs is 2. The molecule has 0 spiro atoms. The van der Waals surface area contributed by atoms with Crippen molar-refractivity contribution < 1.29 is 4.39 Å². The van der Waals surface area contributed by atoms with Crippen molar-refractivity contribution >= 4 is 21.8 Å². The first-order chi connectivity index (χ1) is 19.7. The van der Waals surface area contributed by atoms with Crippen molar-refractivity contribution in [1.82, 2.24) is 30.5 Å². The number of pyridine rings is 2. The molecule has 40 heavy (non-hydrogen) atoms. The van der Waals surface area contributed by atoms with Crippen LogP contribution in [-0.2, 0) is 13.1 Å². The maximum absolute atomic E-state index is 13.5. The highest BCUT2D eigenvalue weighted by atomic mass is 19.1. The molecule has 194 valence electrons. The number of hydrogen-bond donors (Lipinski definition) is 3. The quantitative estimate of drug-likeness (QED) is 0.205. The van der Waals surface area contributed by atoms with E-state index >= 15 is 0 Å². The predicted molar refractivity (Wildman–Crippen MR) is 157 cm³/mol. The van der Waals surface area contributed by atoms with Gasteiger partial charge in [-0.25, -0.2) is 4.39 Å². The van der Waals surface area contributed by atoms with Gasteiger partial charge in [-0.05, 0) is 71.3 Å². The van der Waals surface area contributed by atoms with Gasteiger partial charge >= 0.3 is 0 Å². The summed E-state index contributed by atoms with van der Waals surface area (Å²) in [5.41, 5.74) is 9.74. The maximum Gasteiger partial charge on any atom is 0.123 e. The largest absolute Gasteiger partial charge is 0.353 e. The fourth-order valence-electron chi connectivity index (χ4n) is 5.11. The summed E-state index contributed by atoms with van der Waals surface area (Å²) in [6.45, 7) is 1.53. The molecule has 7 heteroatoms. The van der Waals surface area contributed by atoms with E-state index < -0.39 is 0 Å². The highest BCUT2D eigenvalue weighted by Gasteiger charge is 2.15. The molecule has 7 aromatic rings. The number of hydrogen-bond acceptors (Lipinski definition) is 4. The molecule has 0 saturated carbocycles. The van der Waals surface area contributed by atoms with Gasteiger partial charge in [0.2, 0.25) is 0 Å². The van der Waals surface area contributed by atoms with E-state index in [1.54, 1.807) is 18.3 Å². The molecule has 0 radical (unpaired) electrons. The van der Waals surface area contributed by atoms with Crippen molar-refractivity contribution in [2.45, 2.75) is 13.1 Å². The average molecular weight is 525 g/mol. The molecule has 0 aliphatic rings. The lowest BCUT2D eigenvalue weighted by atomic mass is 10.0. The Bertz CT molecular complexity index is 1940. The smallest absolute Gasteiger partial charge is 0.123 e. The molecule has 6 nitrogen and oxygen atoms in total. The molecule has 3 N–H and O–H groups in total. The first kappa shape index (κ1) is 23.9. The number of halogens is 1. The van der Waals surface area contributed by atoms with Crippen LogP contribution in [0.1, 0.15) is 11.1 Å². The summed E-state index contributed by atoms with van der Waals surface area (Å²) >= 11 is 0. The first-order valence-electron chi connectivity index (χ1n) is 13.1. The van der Waals surface area contributed by atoms with Gasteiger partial charge in [-0.15, -0.1) is 0 Å². The highest BCUT2D eigenvalue weighted by molar-refractivity contribution is 6.00. The second-order valence-corrected chi connectivity index (χ2v) is 9.81. The van der Waals surface area contributed by atoms with Gasteiger partial charge in [0, 0.05) is 59.1 Å². The molecule has 0 amide bonds. The van der Waals surface area contributed by atoms with E-state index in [9.17, 15) is 4.39 Å². The summed E-state index contributed by atoms with van der Waals surface area (Å²) in [5, 5.41) is 13.3. The maximum atomic E-state index is 13.5. The van der Waals surface area contributed by atoms with E-state index in [4.69, 9.17) is 0 Å². The molecule has 4 heterocycles. The minimum absolute atomic E-state index is 0.270. The summed E-state index contributed by atoms with van der Waals surface area (Å²) in [6, 6.07) is 29.2. The van der Waals surface area contributed by atoms with Gasteiger partial charge in [-0.1, -0.05) is 36.4 Å². The van der Waals surface area contributed by atoms with Crippen LogP contribution in [0.2, 0.25) is 0 Å². The summed E-state index contributed by atoms with van der Waals surface area (Å²) in [5.74, 6) is -0.270. The van der Waals surface area contributed by atoms with Crippen LogP contribution in [0.25, 0.3) is 55.6 Å². The Morgan fingerprint density at radius 1 is 0.675 bits per heavy atom. The van der Waals surface area contributed by atoms with Crippen LogP contribution >= 0.6 is 0 Å². The van der Waals surface area contributed by atoms with Gasteiger partial charge in [-0.2, -0.15) is 5.10 Å². The molecule has 0 aliphatic heterocycles. The number of benzene rings is 3. The zero-order chi connectivity index (χ0) is 26.9. The van der Waals surface area contributed by atoms with Crippen molar-refractivity contribution in [3.8, 4) is 33.8 Å². The number of nitrogens with one attached hydrogen (secondary N) is 3. The number of aromatic nitrogens is 5. The van der Waals surface area contributed by atoms with E-state index in [-0.39, 0.29) is 5.82 Å². The topological polar surface area (TPSA) is 82.3 Å². The second-order valence-electron chi connectivity index (χ2n) is 9.81. The van der Waals surface area contributed by atoms with Gasteiger partial charge in [-0.3, -0.25) is 15.1 Å². The number of H-pyrrole nitrogens is 2. The van der Waals surface area contributed by atoms with E-state index in [0.717, 1.165) is 74.2 Å². The zero-order valence-electron chi connectivity index (χ0n) is 21.5. The monoisotopic (exact) mass is 524 g/mol. The minimum atomic E-state index is -0.270. The van der Waals surface area contributed by atoms with Crippen LogP contribution in [0.3, 0.4) is 0 Å². The van der Waals surface area contributed by atoms with E-state index in [1.807, 2.05) is 24.5 Å². The van der Waals surface area contributed by atoms with Gasteiger partial charge < -0.3 is 10.3 Å². The Labute approximate surface area is 230 Å². The van der Waals surface area contributed by atoms with Gasteiger partial charge in [0.25, 0.3) is 0 Å². The Morgan fingerprint density at radius 2 is 1.48 bits per heavy atom. The number of aromatic amines is 2. The minimum Gasteiger partial charge on any atom is -0.353 e. The lowest BCUT2D eigenvalue weighted by molar-refractivity contribution is 0.628. The van der Waals surface area contributed by atoms with Gasteiger partial charge in [0.15, 0.2) is 0 Å². The average Bonchev–Trinajstić information content (AvgIpc) is 3.62. The molecule has 3 aromatic carbocycles. The molecule has 0 saturated heterocycles. The highest BCUT2D eigenvalue weighted by Crippen LogP contribution is 2.34. The Morgan fingerprint density at radius 3 is 2.35 bits per heavy atom. The summed E-state index contributed by atoms with van der Waals surface area (Å²) in [7, 11) is 0. The van der Waals surface area contributed by atoms with Crippen LogP contribution in [0.4, 0.5) is 4.39 Å². The fraction of sp³-hybridized carbons (Fsp3) is 0.0606.